The van der Waals surface area contributed by atoms with E-state index in [9.17, 15) is 15.0 Å². The van der Waals surface area contributed by atoms with Gasteiger partial charge >= 0.3 is 0 Å². The molecule has 0 aliphatic rings. The lowest BCUT2D eigenvalue weighted by atomic mass is 10.1. The molecule has 0 bridgehead atoms. The third-order valence-corrected chi connectivity index (χ3v) is 5.05. The molecule has 24 heavy (non-hydrogen) atoms. The van der Waals surface area contributed by atoms with Crippen molar-refractivity contribution >= 4 is 27.3 Å². The van der Waals surface area contributed by atoms with Gasteiger partial charge in [0.1, 0.15) is 6.10 Å². The molecule has 1 aromatic heterocycles. The highest BCUT2D eigenvalue weighted by atomic mass is 32.1. The van der Waals surface area contributed by atoms with Gasteiger partial charge in [0.05, 0.1) is 12.5 Å². The Morgan fingerprint density at radius 1 is 1.00 bits per heavy atom. The van der Waals surface area contributed by atoms with Crippen LogP contribution in [0.3, 0.4) is 0 Å². The first kappa shape index (κ1) is 16.6. The van der Waals surface area contributed by atoms with E-state index in [0.717, 1.165) is 15.0 Å². The Balaban J connectivity index is 1.54. The van der Waals surface area contributed by atoms with E-state index in [1.807, 2.05) is 48.5 Å². The highest BCUT2D eigenvalue weighted by molar-refractivity contribution is 7.19. The summed E-state index contributed by atoms with van der Waals surface area (Å²) in [4.78, 5) is 12.8. The summed E-state index contributed by atoms with van der Waals surface area (Å²) in [6, 6.07) is 18.9. The molecule has 0 spiro atoms. The Morgan fingerprint density at radius 2 is 1.71 bits per heavy atom. The van der Waals surface area contributed by atoms with Crippen molar-refractivity contribution in [1.82, 2.24) is 5.32 Å². The van der Waals surface area contributed by atoms with Gasteiger partial charge in [-0.1, -0.05) is 48.5 Å². The van der Waals surface area contributed by atoms with Crippen LogP contribution < -0.4 is 5.32 Å². The van der Waals surface area contributed by atoms with Crippen molar-refractivity contribution in [3.8, 4) is 0 Å². The van der Waals surface area contributed by atoms with Gasteiger partial charge < -0.3 is 15.5 Å². The zero-order valence-electron chi connectivity index (χ0n) is 13.1. The highest BCUT2D eigenvalue weighted by Crippen LogP contribution is 2.29. The summed E-state index contributed by atoms with van der Waals surface area (Å²) >= 11 is 1.52. The van der Waals surface area contributed by atoms with Crippen molar-refractivity contribution in [2.75, 3.05) is 6.54 Å². The number of amides is 1. The van der Waals surface area contributed by atoms with Crippen LogP contribution in [0.2, 0.25) is 0 Å². The molecular weight excluding hydrogens is 322 g/mol. The highest BCUT2D eigenvalue weighted by Gasteiger charge is 2.16. The third-order valence-electron chi connectivity index (χ3n) is 3.83. The maximum absolute atomic E-state index is 12.0. The molecule has 3 N–H and O–H groups in total. The second kappa shape index (κ2) is 7.57. The van der Waals surface area contributed by atoms with Crippen molar-refractivity contribution in [2.24, 2.45) is 0 Å². The Morgan fingerprint density at radius 3 is 2.46 bits per heavy atom. The Hall–Kier alpha value is -2.21. The monoisotopic (exact) mass is 341 g/mol. The van der Waals surface area contributed by atoms with E-state index in [1.54, 1.807) is 12.1 Å². The number of thiophene rings is 1. The molecule has 0 aliphatic heterocycles. The van der Waals surface area contributed by atoms with Crippen molar-refractivity contribution < 1.29 is 15.0 Å². The third kappa shape index (κ3) is 4.00. The first-order valence-electron chi connectivity index (χ1n) is 7.80. The van der Waals surface area contributed by atoms with Gasteiger partial charge in [-0.3, -0.25) is 4.79 Å². The van der Waals surface area contributed by atoms with Crippen LogP contribution in [0.15, 0.2) is 60.7 Å². The van der Waals surface area contributed by atoms with E-state index < -0.39 is 12.2 Å². The Labute approximate surface area is 144 Å². The first-order valence-corrected chi connectivity index (χ1v) is 8.61. The Kier molecular flexibility index (Phi) is 5.25. The average Bonchev–Trinajstić information content (AvgIpc) is 3.04. The molecule has 0 saturated carbocycles. The lowest BCUT2D eigenvalue weighted by Gasteiger charge is -2.13. The van der Waals surface area contributed by atoms with Gasteiger partial charge in [-0.25, -0.2) is 0 Å². The average molecular weight is 341 g/mol. The summed E-state index contributed by atoms with van der Waals surface area (Å²) in [5, 5.41) is 24.1. The number of hydrogen-bond acceptors (Lipinski definition) is 4. The molecule has 3 aromatic rings. The number of aliphatic hydroxyl groups excluding tert-OH is 2. The number of nitrogens with one attached hydrogen (secondary N) is 1. The lowest BCUT2D eigenvalue weighted by molar-refractivity contribution is -0.123. The SMILES string of the molecule is O=C(CC(O)c1ccccc1)NCC(O)c1cc2ccccc2s1. The predicted octanol–water partition coefficient (Wildman–Crippen LogP) is 3.17. The summed E-state index contributed by atoms with van der Waals surface area (Å²) in [6.45, 7) is 0.132. The maximum Gasteiger partial charge on any atom is 0.223 e. The van der Waals surface area contributed by atoms with Gasteiger partial charge in [0.2, 0.25) is 5.91 Å². The van der Waals surface area contributed by atoms with Crippen LogP contribution in [-0.2, 0) is 4.79 Å². The molecule has 0 aliphatic carbocycles. The molecule has 2 atom stereocenters. The van der Waals surface area contributed by atoms with Crippen LogP contribution in [-0.4, -0.2) is 22.7 Å². The fourth-order valence-corrected chi connectivity index (χ4v) is 3.57. The zero-order valence-corrected chi connectivity index (χ0v) is 13.9. The second-order valence-corrected chi connectivity index (χ2v) is 6.75. The summed E-state index contributed by atoms with van der Waals surface area (Å²) < 4.78 is 1.11. The second-order valence-electron chi connectivity index (χ2n) is 5.64. The minimum absolute atomic E-state index is 0.0247. The van der Waals surface area contributed by atoms with Crippen molar-refractivity contribution in [1.29, 1.82) is 0 Å². The minimum Gasteiger partial charge on any atom is -0.388 e. The van der Waals surface area contributed by atoms with E-state index in [4.69, 9.17) is 0 Å². The first-order chi connectivity index (χ1) is 11.6. The number of benzene rings is 2. The zero-order chi connectivity index (χ0) is 16.9. The molecule has 0 saturated heterocycles. The molecule has 1 heterocycles. The van der Waals surface area contributed by atoms with E-state index >= 15 is 0 Å². The molecule has 0 fully saturated rings. The quantitative estimate of drug-likeness (QED) is 0.645. The largest absolute Gasteiger partial charge is 0.388 e. The summed E-state index contributed by atoms with van der Waals surface area (Å²) in [6.07, 6.45) is -1.61. The summed E-state index contributed by atoms with van der Waals surface area (Å²) in [5.74, 6) is -0.286. The van der Waals surface area contributed by atoms with E-state index in [-0.39, 0.29) is 18.9 Å². The van der Waals surface area contributed by atoms with Crippen molar-refractivity contribution in [3.05, 3.63) is 71.1 Å². The normalized spacial score (nSPS) is 13.6. The van der Waals surface area contributed by atoms with Gasteiger partial charge in [-0.15, -0.1) is 11.3 Å². The topological polar surface area (TPSA) is 69.6 Å². The van der Waals surface area contributed by atoms with Gasteiger partial charge in [-0.2, -0.15) is 0 Å². The molecule has 3 rings (SSSR count). The molecule has 4 nitrogen and oxygen atoms in total. The number of rotatable bonds is 6. The molecule has 0 radical (unpaired) electrons. The molecular formula is C19H19NO3S. The van der Waals surface area contributed by atoms with Crippen LogP contribution >= 0.6 is 11.3 Å². The molecule has 2 unspecified atom stereocenters. The van der Waals surface area contributed by atoms with E-state index in [1.165, 1.54) is 11.3 Å². The molecule has 2 aromatic carbocycles. The van der Waals surface area contributed by atoms with Crippen molar-refractivity contribution in [2.45, 2.75) is 18.6 Å². The number of fused-ring (bicyclic) bond motifs is 1. The summed E-state index contributed by atoms with van der Waals surface area (Å²) in [5.41, 5.74) is 0.706. The van der Waals surface area contributed by atoms with Crippen LogP contribution in [0.5, 0.6) is 0 Å². The van der Waals surface area contributed by atoms with Gasteiger partial charge in [-0.05, 0) is 23.1 Å². The molecule has 1 amide bonds. The van der Waals surface area contributed by atoms with Crippen LogP contribution in [0.25, 0.3) is 10.1 Å². The van der Waals surface area contributed by atoms with E-state index in [0.29, 0.717) is 5.56 Å². The van der Waals surface area contributed by atoms with Crippen LogP contribution in [0.1, 0.15) is 29.1 Å². The predicted molar refractivity (Wildman–Crippen MR) is 95.8 cm³/mol. The number of hydrogen-bond donors (Lipinski definition) is 3. The minimum atomic E-state index is -0.840. The van der Waals surface area contributed by atoms with Crippen molar-refractivity contribution in [3.63, 3.8) is 0 Å². The number of aliphatic hydroxyl groups is 2. The fraction of sp³-hybridized carbons (Fsp3) is 0.211. The maximum atomic E-state index is 12.0. The number of carbonyl (C=O) groups is 1. The fourth-order valence-electron chi connectivity index (χ4n) is 2.52. The lowest BCUT2D eigenvalue weighted by Crippen LogP contribution is -2.29. The number of carbonyl (C=O) groups excluding carboxylic acids is 1. The standard InChI is InChI=1S/C19H19NO3S/c21-15(13-6-2-1-3-7-13)11-19(23)20-12-16(22)18-10-14-8-4-5-9-17(14)24-18/h1-10,15-16,21-22H,11-12H2,(H,20,23). The van der Waals surface area contributed by atoms with Gasteiger partial charge in [0, 0.05) is 16.1 Å². The van der Waals surface area contributed by atoms with Crippen LogP contribution in [0, 0.1) is 0 Å². The van der Waals surface area contributed by atoms with Gasteiger partial charge in [0.15, 0.2) is 0 Å². The smallest absolute Gasteiger partial charge is 0.223 e. The molecule has 124 valence electrons. The van der Waals surface area contributed by atoms with Crippen LogP contribution in [0.4, 0.5) is 0 Å². The van der Waals surface area contributed by atoms with E-state index in [2.05, 4.69) is 5.32 Å². The summed E-state index contributed by atoms with van der Waals surface area (Å²) in [7, 11) is 0. The molecule has 5 heteroatoms. The van der Waals surface area contributed by atoms with Gasteiger partial charge in [0.25, 0.3) is 0 Å². The Bertz CT molecular complexity index is 783.